The van der Waals surface area contributed by atoms with Gasteiger partial charge in [0.1, 0.15) is 11.7 Å². The quantitative estimate of drug-likeness (QED) is 0.625. The van der Waals surface area contributed by atoms with E-state index in [1.54, 1.807) is 0 Å². The van der Waals surface area contributed by atoms with Gasteiger partial charge in [-0.25, -0.2) is 4.79 Å². The van der Waals surface area contributed by atoms with Crippen molar-refractivity contribution in [1.29, 1.82) is 0 Å². The first-order valence-electron chi connectivity index (χ1n) is 5.29. The Bertz CT molecular complexity index is 463. The van der Waals surface area contributed by atoms with Gasteiger partial charge >= 0.3 is 12.1 Å². The lowest BCUT2D eigenvalue weighted by molar-refractivity contribution is -0.153. The van der Waals surface area contributed by atoms with Crippen molar-refractivity contribution in [3.05, 3.63) is 42.0 Å². The highest BCUT2D eigenvalue weighted by molar-refractivity contribution is 5.89. The summed E-state index contributed by atoms with van der Waals surface area (Å²) in [6.07, 6.45) is -4.63. The van der Waals surface area contributed by atoms with Crippen molar-refractivity contribution in [1.82, 2.24) is 0 Å². The molecule has 0 N–H and O–H groups in total. The Morgan fingerprint density at radius 3 is 2.11 bits per heavy atom. The molecule has 1 aromatic rings. The Morgan fingerprint density at radius 2 is 1.74 bits per heavy atom. The smallest absolute Gasteiger partial charge is 0.399 e. The Morgan fingerprint density at radius 1 is 1.21 bits per heavy atom. The summed E-state index contributed by atoms with van der Waals surface area (Å²) in [5.74, 6) is -2.75. The number of ether oxygens (including phenoxy) is 2. The van der Waals surface area contributed by atoms with Crippen molar-refractivity contribution in [2.45, 2.75) is 12.1 Å². The Kier molecular flexibility index (Phi) is 4.58. The molecule has 0 saturated heterocycles. The minimum absolute atomic E-state index is 0.0938. The molecule has 3 nitrogen and oxygen atoms in total. The molecule has 0 spiro atoms. The third-order valence-corrected chi connectivity index (χ3v) is 2.57. The van der Waals surface area contributed by atoms with Crippen LogP contribution in [0.25, 0.3) is 0 Å². The van der Waals surface area contributed by atoms with Gasteiger partial charge in [-0.3, -0.25) is 0 Å². The van der Waals surface area contributed by atoms with Crippen LogP contribution in [0.2, 0.25) is 0 Å². The van der Waals surface area contributed by atoms with E-state index in [2.05, 4.69) is 11.3 Å². The first kappa shape index (κ1) is 15.1. The summed E-state index contributed by atoms with van der Waals surface area (Å²) in [5.41, 5.74) is -0.746. The standard InChI is InChI=1S/C13H13F3O3/c1-8(12(17)19-3)11(13(14,15)16)9-4-6-10(18-2)7-5-9/h4-7,11H,1H2,2-3H3. The van der Waals surface area contributed by atoms with Crippen LogP contribution in [0.1, 0.15) is 11.5 Å². The number of benzene rings is 1. The molecule has 0 saturated carbocycles. The average Bonchev–Trinajstić information content (AvgIpc) is 2.37. The molecule has 0 aromatic heterocycles. The predicted molar refractivity (Wildman–Crippen MR) is 62.9 cm³/mol. The number of esters is 1. The van der Waals surface area contributed by atoms with Gasteiger partial charge < -0.3 is 9.47 Å². The monoisotopic (exact) mass is 274 g/mol. The van der Waals surface area contributed by atoms with Gasteiger partial charge in [0.2, 0.25) is 0 Å². The fraction of sp³-hybridized carbons (Fsp3) is 0.308. The molecule has 6 heteroatoms. The minimum Gasteiger partial charge on any atom is -0.497 e. The molecule has 0 aliphatic rings. The number of rotatable bonds is 4. The predicted octanol–water partition coefficient (Wildman–Crippen LogP) is 3.07. The fourth-order valence-electron chi connectivity index (χ4n) is 1.63. The molecule has 19 heavy (non-hydrogen) atoms. The van der Waals surface area contributed by atoms with Crippen LogP contribution in [-0.2, 0) is 9.53 Å². The summed E-state index contributed by atoms with van der Waals surface area (Å²) in [7, 11) is 2.42. The molecule has 0 heterocycles. The summed E-state index contributed by atoms with van der Waals surface area (Å²) in [5, 5.41) is 0. The SMILES string of the molecule is C=C(C(=O)OC)C(c1ccc(OC)cc1)C(F)(F)F. The van der Waals surface area contributed by atoms with Crippen LogP contribution in [0.15, 0.2) is 36.4 Å². The number of methoxy groups -OCH3 is 2. The van der Waals surface area contributed by atoms with Crippen molar-refractivity contribution >= 4 is 5.97 Å². The number of alkyl halides is 3. The van der Waals surface area contributed by atoms with Crippen LogP contribution in [0.5, 0.6) is 5.75 Å². The normalized spacial score (nSPS) is 12.7. The summed E-state index contributed by atoms with van der Waals surface area (Å²) in [6.45, 7) is 3.19. The van der Waals surface area contributed by atoms with Crippen LogP contribution in [0.3, 0.4) is 0 Å². The number of halogens is 3. The van der Waals surface area contributed by atoms with Crippen LogP contribution in [0.4, 0.5) is 13.2 Å². The lowest BCUT2D eigenvalue weighted by atomic mass is 9.91. The summed E-state index contributed by atoms with van der Waals surface area (Å²) in [6, 6.07) is 5.26. The molecule has 0 aliphatic heterocycles. The average molecular weight is 274 g/mol. The molecule has 1 aromatic carbocycles. The fourth-order valence-corrected chi connectivity index (χ4v) is 1.63. The second-order valence-electron chi connectivity index (χ2n) is 3.76. The third-order valence-electron chi connectivity index (χ3n) is 2.57. The highest BCUT2D eigenvalue weighted by Crippen LogP contribution is 2.40. The van der Waals surface area contributed by atoms with Crippen LogP contribution in [0, 0.1) is 0 Å². The van der Waals surface area contributed by atoms with E-state index >= 15 is 0 Å². The van der Waals surface area contributed by atoms with Crippen molar-refractivity contribution in [3.8, 4) is 5.75 Å². The van der Waals surface area contributed by atoms with Gasteiger partial charge in [-0.15, -0.1) is 0 Å². The Hall–Kier alpha value is -1.98. The zero-order chi connectivity index (χ0) is 14.6. The molecular weight excluding hydrogens is 261 g/mol. The van der Waals surface area contributed by atoms with E-state index in [1.807, 2.05) is 0 Å². The lowest BCUT2D eigenvalue weighted by Gasteiger charge is -2.21. The van der Waals surface area contributed by atoms with Crippen molar-refractivity contribution in [2.24, 2.45) is 0 Å². The van der Waals surface area contributed by atoms with Gasteiger partial charge in [0.15, 0.2) is 0 Å². The van der Waals surface area contributed by atoms with Crippen LogP contribution >= 0.6 is 0 Å². The van der Waals surface area contributed by atoms with E-state index < -0.39 is 23.6 Å². The maximum absolute atomic E-state index is 13.0. The first-order chi connectivity index (χ1) is 8.81. The van der Waals surface area contributed by atoms with E-state index in [9.17, 15) is 18.0 Å². The maximum atomic E-state index is 13.0. The number of hydrogen-bond acceptors (Lipinski definition) is 3. The molecule has 1 atom stereocenters. The van der Waals surface area contributed by atoms with Gasteiger partial charge in [0.25, 0.3) is 0 Å². The van der Waals surface area contributed by atoms with Gasteiger partial charge in [-0.2, -0.15) is 13.2 Å². The van der Waals surface area contributed by atoms with E-state index in [1.165, 1.54) is 31.4 Å². The number of hydrogen-bond donors (Lipinski definition) is 0. The number of carbonyl (C=O) groups is 1. The molecule has 0 amide bonds. The largest absolute Gasteiger partial charge is 0.497 e. The van der Waals surface area contributed by atoms with Gasteiger partial charge in [-0.1, -0.05) is 18.7 Å². The van der Waals surface area contributed by atoms with E-state index in [4.69, 9.17) is 4.74 Å². The second kappa shape index (κ2) is 5.77. The van der Waals surface area contributed by atoms with Gasteiger partial charge in [0, 0.05) is 5.57 Å². The van der Waals surface area contributed by atoms with Gasteiger partial charge in [-0.05, 0) is 17.7 Å². The van der Waals surface area contributed by atoms with E-state index in [0.717, 1.165) is 7.11 Å². The summed E-state index contributed by atoms with van der Waals surface area (Å²) >= 11 is 0. The zero-order valence-electron chi connectivity index (χ0n) is 10.5. The number of carbonyl (C=O) groups excluding carboxylic acids is 1. The first-order valence-corrected chi connectivity index (χ1v) is 5.29. The second-order valence-corrected chi connectivity index (χ2v) is 3.76. The molecule has 0 radical (unpaired) electrons. The topological polar surface area (TPSA) is 35.5 Å². The van der Waals surface area contributed by atoms with E-state index in [-0.39, 0.29) is 5.56 Å². The van der Waals surface area contributed by atoms with Crippen molar-refractivity contribution in [2.75, 3.05) is 14.2 Å². The molecule has 1 rings (SSSR count). The van der Waals surface area contributed by atoms with Crippen molar-refractivity contribution < 1.29 is 27.4 Å². The maximum Gasteiger partial charge on any atom is 0.399 e. The van der Waals surface area contributed by atoms with Crippen LogP contribution in [-0.4, -0.2) is 26.4 Å². The minimum atomic E-state index is -4.63. The Labute approximate surface area is 108 Å². The van der Waals surface area contributed by atoms with Crippen LogP contribution < -0.4 is 4.74 Å². The lowest BCUT2D eigenvalue weighted by Crippen LogP contribution is -2.26. The van der Waals surface area contributed by atoms with E-state index in [0.29, 0.717) is 5.75 Å². The summed E-state index contributed by atoms with van der Waals surface area (Å²) in [4.78, 5) is 11.2. The molecule has 0 bridgehead atoms. The molecule has 104 valence electrons. The molecule has 1 unspecified atom stereocenters. The summed E-state index contributed by atoms with van der Waals surface area (Å²) < 4.78 is 48.3. The highest BCUT2D eigenvalue weighted by Gasteiger charge is 2.44. The zero-order valence-corrected chi connectivity index (χ0v) is 10.5. The molecule has 0 aliphatic carbocycles. The highest BCUT2D eigenvalue weighted by atomic mass is 19.4. The van der Waals surface area contributed by atoms with Crippen molar-refractivity contribution in [3.63, 3.8) is 0 Å². The molecule has 0 fully saturated rings. The van der Waals surface area contributed by atoms with Gasteiger partial charge in [0.05, 0.1) is 14.2 Å². The molecular formula is C13H13F3O3. The third kappa shape index (κ3) is 3.49. The Balaban J connectivity index is 3.17.